The van der Waals surface area contributed by atoms with Crippen molar-refractivity contribution in [3.63, 3.8) is 0 Å². The molecular weight excluding hydrogens is 102 g/mol. The minimum absolute atomic E-state index is 0.108. The molecule has 0 amide bonds. The van der Waals surface area contributed by atoms with Crippen LogP contribution in [0.2, 0.25) is 0 Å². The van der Waals surface area contributed by atoms with Crippen molar-refractivity contribution < 1.29 is 5.11 Å². The van der Waals surface area contributed by atoms with E-state index in [9.17, 15) is 0 Å². The summed E-state index contributed by atoms with van der Waals surface area (Å²) in [4.78, 5) is 0. The largest absolute Gasteiger partial charge is 0.392 e. The number of aliphatic hydroxyl groups excluding tert-OH is 1. The van der Waals surface area contributed by atoms with Crippen molar-refractivity contribution in [2.75, 3.05) is 13.1 Å². The quantitative estimate of drug-likeness (QED) is 0.465. The van der Waals surface area contributed by atoms with Crippen LogP contribution in [0, 0.1) is 5.92 Å². The van der Waals surface area contributed by atoms with Gasteiger partial charge in [0.25, 0.3) is 0 Å². The van der Waals surface area contributed by atoms with Gasteiger partial charge in [-0.3, -0.25) is 0 Å². The summed E-state index contributed by atoms with van der Waals surface area (Å²) in [5, 5.41) is 12.2. The van der Waals surface area contributed by atoms with Gasteiger partial charge in [-0.15, -0.1) is 0 Å². The van der Waals surface area contributed by atoms with Crippen molar-refractivity contribution in [1.82, 2.24) is 5.32 Å². The molecule has 2 N–H and O–H groups in total. The van der Waals surface area contributed by atoms with E-state index in [1.807, 2.05) is 0 Å². The Morgan fingerprint density at radius 3 is 2.75 bits per heavy atom. The second kappa shape index (κ2) is 2.46. The summed E-state index contributed by atoms with van der Waals surface area (Å²) in [5.41, 5.74) is 0. The zero-order chi connectivity index (χ0) is 5.98. The Hall–Kier alpha value is -0.0800. The maximum atomic E-state index is 9.12. The van der Waals surface area contributed by atoms with Gasteiger partial charge in [0, 0.05) is 6.54 Å². The molecule has 1 fully saturated rings. The molecule has 0 radical (unpaired) electrons. The van der Waals surface area contributed by atoms with E-state index in [-0.39, 0.29) is 6.10 Å². The van der Waals surface area contributed by atoms with Gasteiger partial charge in [0.1, 0.15) is 0 Å². The molecule has 2 heteroatoms. The van der Waals surface area contributed by atoms with E-state index in [1.54, 1.807) is 0 Å². The van der Waals surface area contributed by atoms with Crippen LogP contribution < -0.4 is 5.32 Å². The highest BCUT2D eigenvalue weighted by atomic mass is 16.3. The molecule has 8 heavy (non-hydrogen) atoms. The van der Waals surface area contributed by atoms with Gasteiger partial charge in [-0.25, -0.2) is 0 Å². The van der Waals surface area contributed by atoms with Crippen LogP contribution in [-0.4, -0.2) is 24.3 Å². The third-order valence-electron chi connectivity index (χ3n) is 1.79. The smallest absolute Gasteiger partial charge is 0.0690 e. The van der Waals surface area contributed by atoms with Gasteiger partial charge < -0.3 is 10.4 Å². The van der Waals surface area contributed by atoms with Crippen molar-refractivity contribution in [1.29, 1.82) is 0 Å². The molecular formula is C6H13NO. The van der Waals surface area contributed by atoms with E-state index < -0.39 is 0 Å². The maximum absolute atomic E-state index is 9.12. The molecule has 1 aliphatic rings. The van der Waals surface area contributed by atoms with Crippen molar-refractivity contribution >= 4 is 0 Å². The van der Waals surface area contributed by atoms with Crippen molar-refractivity contribution in [2.24, 2.45) is 5.92 Å². The fourth-order valence-corrected chi connectivity index (χ4v) is 0.973. The van der Waals surface area contributed by atoms with Crippen LogP contribution >= 0.6 is 0 Å². The minimum atomic E-state index is -0.108. The summed E-state index contributed by atoms with van der Waals surface area (Å²) >= 11 is 0. The molecule has 1 heterocycles. The summed E-state index contributed by atoms with van der Waals surface area (Å²) in [6.45, 7) is 3.94. The molecule has 1 unspecified atom stereocenters. The number of rotatable bonds is 0. The molecule has 0 saturated carbocycles. The van der Waals surface area contributed by atoms with Gasteiger partial charge in [-0.05, 0) is 18.9 Å². The second-order valence-electron chi connectivity index (χ2n) is 2.54. The van der Waals surface area contributed by atoms with Gasteiger partial charge in [0.05, 0.1) is 6.10 Å². The van der Waals surface area contributed by atoms with Crippen LogP contribution in [0.1, 0.15) is 13.3 Å². The first-order valence-corrected chi connectivity index (χ1v) is 3.19. The van der Waals surface area contributed by atoms with E-state index in [0.717, 1.165) is 19.5 Å². The molecule has 0 aliphatic carbocycles. The van der Waals surface area contributed by atoms with Crippen LogP contribution in [0.15, 0.2) is 0 Å². The Labute approximate surface area is 49.9 Å². The Morgan fingerprint density at radius 2 is 2.38 bits per heavy atom. The van der Waals surface area contributed by atoms with E-state index in [1.165, 1.54) is 0 Å². The number of hydrogen-bond donors (Lipinski definition) is 2. The zero-order valence-electron chi connectivity index (χ0n) is 5.22. The van der Waals surface area contributed by atoms with Crippen LogP contribution in [-0.2, 0) is 0 Å². The summed E-state index contributed by atoms with van der Waals surface area (Å²) in [7, 11) is 0. The topological polar surface area (TPSA) is 32.3 Å². The van der Waals surface area contributed by atoms with Gasteiger partial charge >= 0.3 is 0 Å². The predicted octanol–water partition coefficient (Wildman–Crippen LogP) is -0.0233. The third-order valence-corrected chi connectivity index (χ3v) is 1.79. The molecule has 0 aromatic heterocycles. The summed E-state index contributed by atoms with van der Waals surface area (Å²) in [6, 6.07) is 0. The SMILES string of the molecule is C[C@@H]1CCNCC1O. The van der Waals surface area contributed by atoms with Crippen LogP contribution in [0.5, 0.6) is 0 Å². The number of nitrogens with one attached hydrogen (secondary N) is 1. The van der Waals surface area contributed by atoms with E-state index in [0.29, 0.717) is 5.92 Å². The Morgan fingerprint density at radius 1 is 1.62 bits per heavy atom. The summed E-state index contributed by atoms with van der Waals surface area (Å²) in [6.07, 6.45) is 1.00. The monoisotopic (exact) mass is 115 g/mol. The molecule has 1 rings (SSSR count). The first-order valence-electron chi connectivity index (χ1n) is 3.19. The average Bonchev–Trinajstić information content (AvgIpc) is 1.77. The average molecular weight is 115 g/mol. The highest BCUT2D eigenvalue weighted by Crippen LogP contribution is 2.09. The fourth-order valence-electron chi connectivity index (χ4n) is 0.973. The Bertz CT molecular complexity index is 64.9. The molecule has 48 valence electrons. The molecule has 0 aromatic carbocycles. The first-order chi connectivity index (χ1) is 3.80. The molecule has 0 bridgehead atoms. The van der Waals surface area contributed by atoms with E-state index in [2.05, 4.69) is 12.2 Å². The van der Waals surface area contributed by atoms with Crippen LogP contribution in [0.3, 0.4) is 0 Å². The van der Waals surface area contributed by atoms with E-state index in [4.69, 9.17) is 5.11 Å². The molecule has 1 aliphatic heterocycles. The predicted molar refractivity (Wildman–Crippen MR) is 32.7 cm³/mol. The van der Waals surface area contributed by atoms with E-state index >= 15 is 0 Å². The van der Waals surface area contributed by atoms with Crippen molar-refractivity contribution in [3.8, 4) is 0 Å². The lowest BCUT2D eigenvalue weighted by atomic mass is 9.98. The van der Waals surface area contributed by atoms with Crippen molar-refractivity contribution in [3.05, 3.63) is 0 Å². The van der Waals surface area contributed by atoms with Crippen LogP contribution in [0.4, 0.5) is 0 Å². The highest BCUT2D eigenvalue weighted by Gasteiger charge is 2.16. The lowest BCUT2D eigenvalue weighted by Gasteiger charge is -2.24. The minimum Gasteiger partial charge on any atom is -0.392 e. The normalized spacial score (nSPS) is 39.8. The summed E-state index contributed by atoms with van der Waals surface area (Å²) in [5.74, 6) is 0.497. The molecule has 2 nitrogen and oxygen atoms in total. The van der Waals surface area contributed by atoms with Gasteiger partial charge in [0.15, 0.2) is 0 Å². The molecule has 0 spiro atoms. The summed E-state index contributed by atoms with van der Waals surface area (Å²) < 4.78 is 0. The molecule has 0 aromatic rings. The van der Waals surface area contributed by atoms with Gasteiger partial charge in [-0.2, -0.15) is 0 Å². The third kappa shape index (κ3) is 1.20. The highest BCUT2D eigenvalue weighted by molar-refractivity contribution is 4.72. The zero-order valence-corrected chi connectivity index (χ0v) is 5.22. The number of piperidine rings is 1. The molecule has 1 saturated heterocycles. The number of hydrogen-bond acceptors (Lipinski definition) is 2. The van der Waals surface area contributed by atoms with Gasteiger partial charge in [0.2, 0.25) is 0 Å². The lowest BCUT2D eigenvalue weighted by molar-refractivity contribution is 0.0915. The van der Waals surface area contributed by atoms with Gasteiger partial charge in [-0.1, -0.05) is 6.92 Å². The molecule has 2 atom stereocenters. The number of aliphatic hydroxyl groups is 1. The lowest BCUT2D eigenvalue weighted by Crippen LogP contribution is -2.39. The van der Waals surface area contributed by atoms with Crippen LogP contribution in [0.25, 0.3) is 0 Å². The fraction of sp³-hybridized carbons (Fsp3) is 1.00. The maximum Gasteiger partial charge on any atom is 0.0690 e. The second-order valence-corrected chi connectivity index (χ2v) is 2.54. The first kappa shape index (κ1) is 6.05. The Kier molecular flexibility index (Phi) is 1.86. The Balaban J connectivity index is 2.28. The van der Waals surface area contributed by atoms with Crippen molar-refractivity contribution in [2.45, 2.75) is 19.4 Å². The number of β-amino-alcohol motifs (C(OH)–C–C–N with tert-alkyl or cyclic N) is 1. The standard InChI is InChI=1S/C6H13NO/c1-5-2-3-7-4-6(5)8/h5-8H,2-4H2,1H3/t5-,6?/m1/s1.